The molecule has 0 aliphatic carbocycles. The second kappa shape index (κ2) is 11.9. The molecule has 2 fully saturated rings. The van der Waals surface area contributed by atoms with Gasteiger partial charge < -0.3 is 30.0 Å². The number of alkyl halides is 3. The van der Waals surface area contributed by atoms with Gasteiger partial charge in [0.1, 0.15) is 5.82 Å². The first-order valence-electron chi connectivity index (χ1n) is 13.5. The number of rotatable bonds is 8. The van der Waals surface area contributed by atoms with Gasteiger partial charge in [-0.05, 0) is 61.1 Å². The molecular formula is C29H35F4N3O5. The molecule has 2 saturated heterocycles. The van der Waals surface area contributed by atoms with Crippen molar-refractivity contribution in [3.05, 3.63) is 70.5 Å². The molecule has 3 atom stereocenters. The summed E-state index contributed by atoms with van der Waals surface area (Å²) in [7, 11) is 1.34. The number of piperazine rings is 1. The van der Waals surface area contributed by atoms with E-state index in [1.807, 2.05) is 25.1 Å². The number of fused-ring (bicyclic) bond motifs is 1. The monoisotopic (exact) mass is 581 g/mol. The van der Waals surface area contributed by atoms with E-state index in [2.05, 4.69) is 0 Å². The number of carbonyl (C=O) groups excluding carboxylic acids is 2. The van der Waals surface area contributed by atoms with Crippen LogP contribution in [0.25, 0.3) is 0 Å². The van der Waals surface area contributed by atoms with Gasteiger partial charge in [0.25, 0.3) is 0 Å². The summed E-state index contributed by atoms with van der Waals surface area (Å²) < 4.78 is 54.4. The highest BCUT2D eigenvalue weighted by molar-refractivity contribution is 5.86. The van der Waals surface area contributed by atoms with Crippen molar-refractivity contribution in [3.8, 4) is 0 Å². The maximum absolute atomic E-state index is 14.2. The summed E-state index contributed by atoms with van der Waals surface area (Å²) in [6.45, 7) is 0.876. The van der Waals surface area contributed by atoms with Gasteiger partial charge in [0.2, 0.25) is 5.91 Å². The predicted molar refractivity (Wildman–Crippen MR) is 141 cm³/mol. The van der Waals surface area contributed by atoms with Crippen LogP contribution in [0.4, 0.5) is 22.4 Å². The number of likely N-dealkylation sites (N-methyl/N-ethyl adjacent to an activating group) is 1. The molecule has 3 amide bonds. The lowest BCUT2D eigenvalue weighted by Gasteiger charge is -2.47. The molecule has 0 saturated carbocycles. The number of urea groups is 1. The van der Waals surface area contributed by atoms with Gasteiger partial charge in [0, 0.05) is 33.4 Å². The van der Waals surface area contributed by atoms with E-state index in [0.29, 0.717) is 6.07 Å². The molecule has 2 aromatic rings. The number of hydrogen-bond donors (Lipinski definition) is 3. The van der Waals surface area contributed by atoms with Gasteiger partial charge in [-0.2, -0.15) is 13.2 Å². The molecule has 2 aliphatic rings. The summed E-state index contributed by atoms with van der Waals surface area (Å²) in [6.07, 6.45) is -4.24. The van der Waals surface area contributed by atoms with Crippen molar-refractivity contribution in [1.29, 1.82) is 0 Å². The van der Waals surface area contributed by atoms with Crippen molar-refractivity contribution in [2.45, 2.75) is 50.5 Å². The number of benzene rings is 2. The number of carbonyl (C=O) groups is 2. The molecule has 2 heterocycles. The van der Waals surface area contributed by atoms with Crippen LogP contribution in [-0.4, -0.2) is 88.0 Å². The number of amides is 3. The Labute approximate surface area is 235 Å². The molecule has 8 nitrogen and oxygen atoms in total. The van der Waals surface area contributed by atoms with Crippen LogP contribution < -0.4 is 0 Å². The number of aliphatic hydroxyl groups excluding tert-OH is 3. The predicted octanol–water partition coefficient (Wildman–Crippen LogP) is 3.65. The van der Waals surface area contributed by atoms with Crippen LogP contribution >= 0.6 is 0 Å². The van der Waals surface area contributed by atoms with Crippen molar-refractivity contribution in [1.82, 2.24) is 14.7 Å². The average molecular weight is 582 g/mol. The van der Waals surface area contributed by atoms with Gasteiger partial charge in [-0.15, -0.1) is 0 Å². The highest BCUT2D eigenvalue weighted by Gasteiger charge is 2.56. The maximum atomic E-state index is 14.2. The van der Waals surface area contributed by atoms with E-state index in [9.17, 15) is 42.5 Å². The third-order valence-corrected chi connectivity index (χ3v) is 8.50. The van der Waals surface area contributed by atoms with Crippen LogP contribution in [-0.2, 0) is 11.0 Å². The van der Waals surface area contributed by atoms with Gasteiger partial charge in [0.05, 0.1) is 35.7 Å². The molecule has 0 spiro atoms. The summed E-state index contributed by atoms with van der Waals surface area (Å²) in [4.78, 5) is 32.0. The molecule has 0 aromatic heterocycles. The quantitative estimate of drug-likeness (QED) is 0.413. The van der Waals surface area contributed by atoms with E-state index < -0.39 is 53.7 Å². The van der Waals surface area contributed by atoms with Gasteiger partial charge in [-0.25, -0.2) is 9.18 Å². The lowest BCUT2D eigenvalue weighted by molar-refractivity contribution is -0.140. The minimum atomic E-state index is -4.82. The number of aryl methyl sites for hydroxylation is 1. The third kappa shape index (κ3) is 5.77. The van der Waals surface area contributed by atoms with E-state index >= 15 is 0 Å². The van der Waals surface area contributed by atoms with Crippen LogP contribution in [0.5, 0.6) is 0 Å². The van der Waals surface area contributed by atoms with Crippen molar-refractivity contribution in [3.63, 3.8) is 0 Å². The van der Waals surface area contributed by atoms with E-state index in [-0.39, 0.29) is 57.0 Å². The lowest BCUT2D eigenvalue weighted by Crippen LogP contribution is -2.58. The summed E-state index contributed by atoms with van der Waals surface area (Å²) >= 11 is 0. The molecule has 224 valence electrons. The minimum absolute atomic E-state index is 0.0911. The largest absolute Gasteiger partial charge is 0.416 e. The molecule has 12 heteroatoms. The van der Waals surface area contributed by atoms with Gasteiger partial charge in [-0.3, -0.25) is 4.79 Å². The van der Waals surface area contributed by atoms with Crippen molar-refractivity contribution < 1.29 is 42.5 Å². The Kier molecular flexibility index (Phi) is 8.95. The molecule has 2 aliphatic heterocycles. The topological polar surface area (TPSA) is 105 Å². The first-order valence-corrected chi connectivity index (χ1v) is 13.5. The van der Waals surface area contributed by atoms with Gasteiger partial charge in [0.15, 0.2) is 0 Å². The molecule has 4 rings (SSSR count). The standard InChI is InChI=1S/C29H35F4N3O5/c1-18-5-3-4-6-22(18)25-23-16-28(7-11-37,8-12-38)26(40)35(23)9-10-36(25)27(41)34(2)24(17-39)19-13-20(29(31,32)33)15-21(30)14-19/h3-6,13-15,23-25,37-39H,7-12,16-17H2,1-2H3/t23-,24+,25-/m0/s1. The number of halogens is 4. The molecule has 2 aromatic carbocycles. The van der Waals surface area contributed by atoms with Crippen molar-refractivity contribution >= 4 is 11.9 Å². The molecular weight excluding hydrogens is 546 g/mol. The van der Waals surface area contributed by atoms with E-state index in [1.165, 1.54) is 11.9 Å². The Morgan fingerprint density at radius 3 is 2.34 bits per heavy atom. The summed E-state index contributed by atoms with van der Waals surface area (Å²) in [5.74, 6) is -1.34. The first-order chi connectivity index (χ1) is 19.4. The maximum Gasteiger partial charge on any atom is 0.416 e. The van der Waals surface area contributed by atoms with E-state index in [4.69, 9.17) is 0 Å². The van der Waals surface area contributed by atoms with E-state index in [0.717, 1.165) is 28.2 Å². The average Bonchev–Trinajstić information content (AvgIpc) is 3.19. The molecule has 0 radical (unpaired) electrons. The van der Waals surface area contributed by atoms with Crippen molar-refractivity contribution in [2.75, 3.05) is 40.0 Å². The minimum Gasteiger partial charge on any atom is -0.396 e. The molecule has 3 N–H and O–H groups in total. The normalized spacial score (nSPS) is 21.1. The Balaban J connectivity index is 1.74. The zero-order valence-electron chi connectivity index (χ0n) is 22.9. The van der Waals surface area contributed by atoms with Crippen LogP contribution in [0.2, 0.25) is 0 Å². The first kappa shape index (κ1) is 30.7. The fourth-order valence-corrected chi connectivity index (χ4v) is 6.40. The van der Waals surface area contributed by atoms with Crippen LogP contribution in [0, 0.1) is 18.2 Å². The second-order valence-corrected chi connectivity index (χ2v) is 10.9. The second-order valence-electron chi connectivity index (χ2n) is 10.9. The Morgan fingerprint density at radius 2 is 1.76 bits per heavy atom. The molecule has 0 bridgehead atoms. The Hall–Kier alpha value is -3.22. The smallest absolute Gasteiger partial charge is 0.396 e. The number of nitrogens with zero attached hydrogens (tertiary/aromatic N) is 3. The molecule has 0 unspecified atom stereocenters. The highest BCUT2D eigenvalue weighted by Crippen LogP contribution is 2.49. The summed E-state index contributed by atoms with van der Waals surface area (Å²) in [5, 5.41) is 29.7. The van der Waals surface area contributed by atoms with Gasteiger partial charge >= 0.3 is 12.2 Å². The number of aliphatic hydroxyl groups is 3. The SMILES string of the molecule is Cc1ccccc1[C@H]1[C@@H]2CC(CCO)(CCO)C(=O)N2CCN1C(=O)N(C)[C@H](CO)c1cc(F)cc(C(F)(F)F)c1. The Morgan fingerprint density at radius 1 is 1.10 bits per heavy atom. The van der Waals surface area contributed by atoms with Crippen LogP contribution in [0.3, 0.4) is 0 Å². The van der Waals surface area contributed by atoms with Crippen LogP contribution in [0.1, 0.15) is 53.6 Å². The van der Waals surface area contributed by atoms with Gasteiger partial charge in [-0.1, -0.05) is 24.3 Å². The Bertz CT molecular complexity index is 1270. The van der Waals surface area contributed by atoms with Crippen molar-refractivity contribution in [2.24, 2.45) is 5.41 Å². The third-order valence-electron chi connectivity index (χ3n) is 8.50. The lowest BCUT2D eigenvalue weighted by atomic mass is 9.77. The zero-order chi connectivity index (χ0) is 30.1. The fourth-order valence-electron chi connectivity index (χ4n) is 6.40. The highest BCUT2D eigenvalue weighted by atomic mass is 19.4. The zero-order valence-corrected chi connectivity index (χ0v) is 22.9. The summed E-state index contributed by atoms with van der Waals surface area (Å²) in [5.41, 5.74) is -0.808. The molecule has 41 heavy (non-hydrogen) atoms. The summed E-state index contributed by atoms with van der Waals surface area (Å²) in [6, 6.07) is 6.27. The van der Waals surface area contributed by atoms with Crippen LogP contribution in [0.15, 0.2) is 42.5 Å². The fraction of sp³-hybridized carbons (Fsp3) is 0.517. The number of hydrogen-bond acceptors (Lipinski definition) is 5. The van der Waals surface area contributed by atoms with E-state index in [1.54, 1.807) is 11.0 Å².